The van der Waals surface area contributed by atoms with Crippen molar-refractivity contribution in [1.82, 2.24) is 0 Å². The highest BCUT2D eigenvalue weighted by atomic mass is 16.7. The maximum Gasteiger partial charge on any atom is 0.250 e. The number of fused-ring (bicyclic) bond motifs is 1. The van der Waals surface area contributed by atoms with Gasteiger partial charge in [0.2, 0.25) is 12.7 Å². The van der Waals surface area contributed by atoms with Crippen LogP contribution in [0.1, 0.15) is 35.1 Å². The van der Waals surface area contributed by atoms with Crippen LogP contribution in [0.4, 0.5) is 5.69 Å². The molecule has 6 nitrogen and oxygen atoms in total. The van der Waals surface area contributed by atoms with Crippen molar-refractivity contribution in [2.24, 2.45) is 0 Å². The molecule has 1 saturated carbocycles. The molecule has 1 aliphatic heterocycles. The normalized spacial score (nSPS) is 15.1. The Morgan fingerprint density at radius 2 is 1.71 bits per heavy atom. The molecule has 1 aliphatic carbocycles. The van der Waals surface area contributed by atoms with E-state index in [1.54, 1.807) is 0 Å². The molecule has 0 atom stereocenters. The monoisotopic (exact) mass is 457 g/mol. The maximum atomic E-state index is 13.4. The smallest absolute Gasteiger partial charge is 0.250 e. The first-order valence-electron chi connectivity index (χ1n) is 11.4. The fourth-order valence-electron chi connectivity index (χ4n) is 4.72. The Balaban J connectivity index is 1.38. The number of ether oxygens (including phenoxy) is 2. The highest BCUT2D eigenvalue weighted by molar-refractivity contribution is 5.95. The number of aryl methyl sites for hydroxylation is 2. The van der Waals surface area contributed by atoms with Gasteiger partial charge in [-0.2, -0.15) is 0 Å². The quantitative estimate of drug-likeness (QED) is 0.547. The zero-order chi connectivity index (χ0) is 23.9. The molecule has 0 saturated heterocycles. The summed E-state index contributed by atoms with van der Waals surface area (Å²) in [5.41, 5.74) is 6.42. The highest BCUT2D eigenvalue weighted by Crippen LogP contribution is 2.51. The lowest BCUT2D eigenvalue weighted by atomic mass is 9.86. The minimum atomic E-state index is -0.552. The summed E-state index contributed by atoms with van der Waals surface area (Å²) in [6.07, 6.45) is 2.07. The highest BCUT2D eigenvalue weighted by Gasteiger charge is 2.50. The Hall–Kier alpha value is -3.64. The summed E-state index contributed by atoms with van der Waals surface area (Å²) in [5.74, 6) is 1.22. The number of carbonyl (C=O) groups is 2. The molecule has 2 N–H and O–H groups in total. The van der Waals surface area contributed by atoms with Gasteiger partial charge < -0.3 is 19.9 Å². The van der Waals surface area contributed by atoms with Gasteiger partial charge in [0.15, 0.2) is 11.5 Å². The van der Waals surface area contributed by atoms with Gasteiger partial charge in [0.1, 0.15) is 12.4 Å². The molecular weight excluding hydrogens is 430 g/mol. The van der Waals surface area contributed by atoms with Crippen LogP contribution in [0.3, 0.4) is 0 Å². The Morgan fingerprint density at radius 1 is 0.912 bits per heavy atom. The molecule has 3 aromatic rings. The largest absolute Gasteiger partial charge is 0.454 e. The SMILES string of the molecule is Cc1cc(NC(=O)CO)ccc1-c1cc(CC(=O)C2(c3ccc4c(c3)OCO4)CC2)ccc1C. The molecule has 2 aliphatic rings. The third-order valence-electron chi connectivity index (χ3n) is 6.82. The second-order valence-corrected chi connectivity index (χ2v) is 9.14. The van der Waals surface area contributed by atoms with Gasteiger partial charge in [-0.3, -0.25) is 9.59 Å². The molecule has 0 aromatic heterocycles. The van der Waals surface area contributed by atoms with Crippen LogP contribution >= 0.6 is 0 Å². The number of Topliss-reactive ketones (excluding diaryl/α,β-unsaturated/α-hetero) is 1. The number of amides is 1. The average Bonchev–Trinajstić information content (AvgIpc) is 3.51. The van der Waals surface area contributed by atoms with E-state index in [2.05, 4.69) is 24.4 Å². The summed E-state index contributed by atoms with van der Waals surface area (Å²) in [6, 6.07) is 17.7. The fraction of sp³-hybridized carbons (Fsp3) is 0.286. The molecule has 0 bridgehead atoms. The lowest BCUT2D eigenvalue weighted by Crippen LogP contribution is -2.22. The molecule has 34 heavy (non-hydrogen) atoms. The van der Waals surface area contributed by atoms with Crippen molar-refractivity contribution in [2.45, 2.75) is 38.5 Å². The number of aliphatic hydroxyl groups is 1. The van der Waals surface area contributed by atoms with Crippen LogP contribution in [-0.4, -0.2) is 30.2 Å². The third-order valence-corrected chi connectivity index (χ3v) is 6.82. The summed E-state index contributed by atoms with van der Waals surface area (Å²) in [6.45, 7) is 3.71. The standard InChI is InChI=1S/C28H27NO5/c1-17-3-4-19(12-23(17)22-7-6-21(11-18(22)2)29-27(32)15-30)13-26(31)28(9-10-28)20-5-8-24-25(14-20)34-16-33-24/h3-8,11-12,14,30H,9-10,13,15-16H2,1-2H3,(H,29,32). The number of aliphatic hydroxyl groups excluding tert-OH is 1. The number of anilines is 1. The fourth-order valence-corrected chi connectivity index (χ4v) is 4.72. The molecule has 0 spiro atoms. The van der Waals surface area contributed by atoms with Crippen LogP contribution in [0.15, 0.2) is 54.6 Å². The zero-order valence-corrected chi connectivity index (χ0v) is 19.3. The van der Waals surface area contributed by atoms with Crippen molar-refractivity contribution >= 4 is 17.4 Å². The van der Waals surface area contributed by atoms with Crippen molar-refractivity contribution in [1.29, 1.82) is 0 Å². The molecular formula is C28H27NO5. The van der Waals surface area contributed by atoms with Crippen molar-refractivity contribution in [2.75, 3.05) is 18.7 Å². The minimum absolute atomic E-state index is 0.222. The van der Waals surface area contributed by atoms with E-state index in [0.717, 1.165) is 52.0 Å². The van der Waals surface area contributed by atoms with E-state index in [1.807, 2.05) is 49.4 Å². The van der Waals surface area contributed by atoms with Crippen LogP contribution in [0.5, 0.6) is 11.5 Å². The lowest BCUT2D eigenvalue weighted by Gasteiger charge is -2.17. The topological polar surface area (TPSA) is 84.9 Å². The van der Waals surface area contributed by atoms with Crippen LogP contribution in [0.25, 0.3) is 11.1 Å². The van der Waals surface area contributed by atoms with E-state index >= 15 is 0 Å². The first kappa shape index (κ1) is 22.2. The van der Waals surface area contributed by atoms with Crippen molar-refractivity contribution in [3.05, 3.63) is 76.9 Å². The number of rotatable bonds is 7. The summed E-state index contributed by atoms with van der Waals surface area (Å²) < 4.78 is 10.9. The number of nitrogens with one attached hydrogen (secondary N) is 1. The number of ketones is 1. The number of hydrogen-bond acceptors (Lipinski definition) is 5. The molecule has 5 rings (SSSR count). The van der Waals surface area contributed by atoms with Gasteiger partial charge in [0.05, 0.1) is 5.41 Å². The molecule has 1 heterocycles. The maximum absolute atomic E-state index is 13.4. The first-order chi connectivity index (χ1) is 16.4. The first-order valence-corrected chi connectivity index (χ1v) is 11.4. The van der Waals surface area contributed by atoms with Gasteiger partial charge in [0.25, 0.3) is 0 Å². The van der Waals surface area contributed by atoms with Gasteiger partial charge in [0, 0.05) is 12.1 Å². The Labute approximate surface area is 198 Å². The third kappa shape index (κ3) is 4.05. The molecule has 0 radical (unpaired) electrons. The van der Waals surface area contributed by atoms with Gasteiger partial charge in [-0.15, -0.1) is 0 Å². The van der Waals surface area contributed by atoms with Crippen LogP contribution in [-0.2, 0) is 21.4 Å². The summed E-state index contributed by atoms with van der Waals surface area (Å²) >= 11 is 0. The average molecular weight is 458 g/mol. The summed E-state index contributed by atoms with van der Waals surface area (Å²) in [5, 5.41) is 11.6. The van der Waals surface area contributed by atoms with Gasteiger partial charge in [-0.25, -0.2) is 0 Å². The molecule has 0 unspecified atom stereocenters. The van der Waals surface area contributed by atoms with E-state index in [1.165, 1.54) is 0 Å². The molecule has 1 amide bonds. The minimum Gasteiger partial charge on any atom is -0.454 e. The number of carbonyl (C=O) groups excluding carboxylic acids is 2. The van der Waals surface area contributed by atoms with Crippen LogP contribution in [0.2, 0.25) is 0 Å². The van der Waals surface area contributed by atoms with E-state index in [0.29, 0.717) is 17.9 Å². The predicted molar refractivity (Wildman–Crippen MR) is 129 cm³/mol. The number of benzene rings is 3. The van der Waals surface area contributed by atoms with E-state index < -0.39 is 17.9 Å². The van der Waals surface area contributed by atoms with Crippen LogP contribution in [0, 0.1) is 13.8 Å². The molecule has 1 fully saturated rings. The van der Waals surface area contributed by atoms with Gasteiger partial charge in [-0.1, -0.05) is 30.3 Å². The molecule has 6 heteroatoms. The van der Waals surface area contributed by atoms with Crippen molar-refractivity contribution < 1.29 is 24.2 Å². The van der Waals surface area contributed by atoms with Gasteiger partial charge in [-0.05, 0) is 84.3 Å². The predicted octanol–water partition coefficient (Wildman–Crippen LogP) is 4.47. The van der Waals surface area contributed by atoms with Crippen molar-refractivity contribution in [3.8, 4) is 22.6 Å². The Kier molecular flexibility index (Phi) is 5.62. The zero-order valence-electron chi connectivity index (χ0n) is 19.3. The second kappa shape index (κ2) is 8.61. The van der Waals surface area contributed by atoms with Gasteiger partial charge >= 0.3 is 0 Å². The molecule has 3 aromatic carbocycles. The second-order valence-electron chi connectivity index (χ2n) is 9.14. The Morgan fingerprint density at radius 3 is 2.44 bits per heavy atom. The van der Waals surface area contributed by atoms with Crippen LogP contribution < -0.4 is 14.8 Å². The van der Waals surface area contributed by atoms with E-state index in [-0.39, 0.29) is 12.6 Å². The molecule has 174 valence electrons. The lowest BCUT2D eigenvalue weighted by molar-refractivity contribution is -0.121. The summed E-state index contributed by atoms with van der Waals surface area (Å²) in [4.78, 5) is 24.9. The Bertz CT molecular complexity index is 1290. The van der Waals surface area contributed by atoms with E-state index in [4.69, 9.17) is 14.6 Å². The van der Waals surface area contributed by atoms with Crippen molar-refractivity contribution in [3.63, 3.8) is 0 Å². The van der Waals surface area contributed by atoms with E-state index in [9.17, 15) is 9.59 Å². The summed E-state index contributed by atoms with van der Waals surface area (Å²) in [7, 11) is 0. The number of hydrogen-bond donors (Lipinski definition) is 2.